The largest absolute Gasteiger partial charge is 0.497 e. The second-order valence-corrected chi connectivity index (χ2v) is 8.43. The van der Waals surface area contributed by atoms with Crippen LogP contribution in [0.5, 0.6) is 5.75 Å². The highest BCUT2D eigenvalue weighted by Crippen LogP contribution is 2.24. The molecule has 158 valence electrons. The minimum atomic E-state index is -3.41. The quantitative estimate of drug-likeness (QED) is 0.618. The summed E-state index contributed by atoms with van der Waals surface area (Å²) < 4.78 is 30.6. The van der Waals surface area contributed by atoms with Crippen molar-refractivity contribution in [3.05, 3.63) is 59.7 Å². The zero-order chi connectivity index (χ0) is 21.4. The van der Waals surface area contributed by atoms with E-state index in [0.717, 1.165) is 30.7 Å². The van der Waals surface area contributed by atoms with Crippen molar-refractivity contribution in [2.24, 2.45) is 0 Å². The molecule has 0 saturated carbocycles. The lowest BCUT2D eigenvalue weighted by Gasteiger charge is -2.30. The van der Waals surface area contributed by atoms with Gasteiger partial charge in [-0.05, 0) is 49.0 Å². The Morgan fingerprint density at radius 2 is 1.79 bits per heavy atom. The smallest absolute Gasteiger partial charge is 0.251 e. The van der Waals surface area contributed by atoms with Crippen LogP contribution < -0.4 is 14.8 Å². The summed E-state index contributed by atoms with van der Waals surface area (Å²) in [6.45, 7) is 6.25. The lowest BCUT2D eigenvalue weighted by atomic mass is 10.0. The number of sulfonamides is 1. The molecule has 0 aliphatic rings. The summed E-state index contributed by atoms with van der Waals surface area (Å²) in [7, 11) is -1.78. The fraction of sp³-hybridized carbons (Fsp3) is 0.381. The number of hydrogen-bond acceptors (Lipinski definition) is 5. The molecule has 2 N–H and O–H groups in total. The summed E-state index contributed by atoms with van der Waals surface area (Å²) in [4.78, 5) is 14.9. The minimum absolute atomic E-state index is 0.0126. The first kappa shape index (κ1) is 22.7. The summed E-state index contributed by atoms with van der Waals surface area (Å²) in [6.07, 6.45) is 1.07. The molecule has 29 heavy (non-hydrogen) atoms. The number of benzene rings is 2. The van der Waals surface area contributed by atoms with Gasteiger partial charge in [0.1, 0.15) is 5.75 Å². The molecule has 1 amide bonds. The first-order chi connectivity index (χ1) is 13.8. The van der Waals surface area contributed by atoms with Crippen LogP contribution in [-0.4, -0.2) is 52.2 Å². The fourth-order valence-electron chi connectivity index (χ4n) is 3.20. The van der Waals surface area contributed by atoms with E-state index in [9.17, 15) is 13.2 Å². The molecule has 0 saturated heterocycles. The Morgan fingerprint density at radius 1 is 1.10 bits per heavy atom. The van der Waals surface area contributed by atoms with Crippen LogP contribution in [0.25, 0.3) is 0 Å². The summed E-state index contributed by atoms with van der Waals surface area (Å²) in [5.41, 5.74) is 1.80. The molecule has 2 aromatic carbocycles. The van der Waals surface area contributed by atoms with Crippen LogP contribution in [0.4, 0.5) is 5.69 Å². The van der Waals surface area contributed by atoms with E-state index >= 15 is 0 Å². The average molecular weight is 420 g/mol. The molecule has 0 spiro atoms. The molecule has 0 aliphatic heterocycles. The molecule has 0 aromatic heterocycles. The predicted octanol–water partition coefficient (Wildman–Crippen LogP) is 2.88. The third-order valence-corrected chi connectivity index (χ3v) is 5.22. The fourth-order valence-corrected chi connectivity index (χ4v) is 3.76. The normalized spacial score (nSPS) is 12.4. The highest BCUT2D eigenvalue weighted by atomic mass is 32.2. The lowest BCUT2D eigenvalue weighted by molar-refractivity contribution is 0.0935. The average Bonchev–Trinajstić information content (AvgIpc) is 2.69. The van der Waals surface area contributed by atoms with Crippen LogP contribution in [0.1, 0.15) is 35.8 Å². The van der Waals surface area contributed by atoms with Gasteiger partial charge >= 0.3 is 0 Å². The van der Waals surface area contributed by atoms with Gasteiger partial charge in [-0.1, -0.05) is 32.0 Å². The zero-order valence-electron chi connectivity index (χ0n) is 17.3. The van der Waals surface area contributed by atoms with Gasteiger partial charge < -0.3 is 10.1 Å². The maximum absolute atomic E-state index is 12.7. The van der Waals surface area contributed by atoms with E-state index in [1.54, 1.807) is 25.3 Å². The Labute approximate surface area is 173 Å². The molecule has 1 atom stereocenters. The first-order valence-corrected chi connectivity index (χ1v) is 11.4. The standard InChI is InChI=1S/C21H29N3O4S/c1-5-24(6-2)20(16-9-8-12-19(14-16)28-3)15-22-21(25)17-10-7-11-18(13-17)23-29(4,26)27/h7-14,20,23H,5-6,15H2,1-4H3,(H,22,25). The number of anilines is 1. The monoisotopic (exact) mass is 419 g/mol. The molecule has 0 bridgehead atoms. The van der Waals surface area contributed by atoms with Crippen molar-refractivity contribution in [3.63, 3.8) is 0 Å². The van der Waals surface area contributed by atoms with Gasteiger partial charge in [0.25, 0.3) is 5.91 Å². The summed E-state index contributed by atoms with van der Waals surface area (Å²) >= 11 is 0. The Kier molecular flexibility index (Phi) is 8.04. The Bertz CT molecular complexity index is 927. The summed E-state index contributed by atoms with van der Waals surface area (Å²) in [5, 5.41) is 2.98. The third kappa shape index (κ3) is 6.76. The van der Waals surface area contributed by atoms with E-state index in [-0.39, 0.29) is 11.9 Å². The Balaban J connectivity index is 2.18. The molecule has 0 aliphatic carbocycles. The summed E-state index contributed by atoms with van der Waals surface area (Å²) in [5.74, 6) is 0.507. The van der Waals surface area contributed by atoms with Crippen LogP contribution in [-0.2, 0) is 10.0 Å². The molecule has 7 nitrogen and oxygen atoms in total. The van der Waals surface area contributed by atoms with Gasteiger partial charge in [0.15, 0.2) is 0 Å². The van der Waals surface area contributed by atoms with Gasteiger partial charge in [0, 0.05) is 17.8 Å². The minimum Gasteiger partial charge on any atom is -0.497 e. The molecule has 0 radical (unpaired) electrons. The molecule has 0 heterocycles. The van der Waals surface area contributed by atoms with Crippen molar-refractivity contribution >= 4 is 21.6 Å². The maximum atomic E-state index is 12.7. The first-order valence-electron chi connectivity index (χ1n) is 9.51. The number of rotatable bonds is 10. The van der Waals surface area contributed by atoms with E-state index in [1.165, 1.54) is 6.07 Å². The van der Waals surface area contributed by atoms with Crippen LogP contribution >= 0.6 is 0 Å². The van der Waals surface area contributed by atoms with Gasteiger partial charge in [-0.3, -0.25) is 14.4 Å². The number of hydrogen-bond donors (Lipinski definition) is 2. The van der Waals surface area contributed by atoms with Gasteiger partial charge in [-0.2, -0.15) is 0 Å². The van der Waals surface area contributed by atoms with Crippen molar-refractivity contribution in [1.29, 1.82) is 0 Å². The topological polar surface area (TPSA) is 87.7 Å². The number of nitrogens with one attached hydrogen (secondary N) is 2. The molecule has 2 aromatic rings. The van der Waals surface area contributed by atoms with E-state index < -0.39 is 10.0 Å². The Morgan fingerprint density at radius 3 is 2.41 bits per heavy atom. The highest BCUT2D eigenvalue weighted by molar-refractivity contribution is 7.92. The van der Waals surface area contributed by atoms with Crippen LogP contribution in [0.3, 0.4) is 0 Å². The van der Waals surface area contributed by atoms with Crippen molar-refractivity contribution in [1.82, 2.24) is 10.2 Å². The highest BCUT2D eigenvalue weighted by Gasteiger charge is 2.20. The molecular weight excluding hydrogens is 390 g/mol. The second kappa shape index (κ2) is 10.3. The van der Waals surface area contributed by atoms with E-state index in [4.69, 9.17) is 4.74 Å². The van der Waals surface area contributed by atoms with Crippen LogP contribution in [0.2, 0.25) is 0 Å². The van der Waals surface area contributed by atoms with Gasteiger partial charge in [0.05, 0.1) is 19.4 Å². The number of likely N-dealkylation sites (N-methyl/N-ethyl adjacent to an activating group) is 1. The van der Waals surface area contributed by atoms with Crippen molar-refractivity contribution in [2.75, 3.05) is 37.7 Å². The zero-order valence-corrected chi connectivity index (χ0v) is 18.1. The van der Waals surface area contributed by atoms with Gasteiger partial charge in [-0.25, -0.2) is 8.42 Å². The lowest BCUT2D eigenvalue weighted by Crippen LogP contribution is -2.38. The van der Waals surface area contributed by atoms with E-state index in [1.807, 2.05) is 24.3 Å². The number of nitrogens with zero attached hydrogens (tertiary/aromatic N) is 1. The third-order valence-electron chi connectivity index (χ3n) is 4.62. The number of carbonyl (C=O) groups is 1. The van der Waals surface area contributed by atoms with E-state index in [2.05, 4.69) is 28.8 Å². The predicted molar refractivity (Wildman–Crippen MR) is 116 cm³/mol. The number of methoxy groups -OCH3 is 1. The SMILES string of the molecule is CCN(CC)C(CNC(=O)c1cccc(NS(C)(=O)=O)c1)c1cccc(OC)c1. The molecule has 0 fully saturated rings. The molecule has 8 heteroatoms. The molecular formula is C21H29N3O4S. The molecule has 1 unspecified atom stereocenters. The van der Waals surface area contributed by atoms with Crippen molar-refractivity contribution < 1.29 is 17.9 Å². The number of amides is 1. The number of ether oxygens (including phenoxy) is 1. The van der Waals surface area contributed by atoms with Crippen LogP contribution in [0.15, 0.2) is 48.5 Å². The molecule has 2 rings (SSSR count). The second-order valence-electron chi connectivity index (χ2n) is 6.68. The van der Waals surface area contributed by atoms with Crippen LogP contribution in [0, 0.1) is 0 Å². The number of carbonyl (C=O) groups excluding carboxylic acids is 1. The van der Waals surface area contributed by atoms with Crippen molar-refractivity contribution in [3.8, 4) is 5.75 Å². The van der Waals surface area contributed by atoms with E-state index in [0.29, 0.717) is 17.8 Å². The van der Waals surface area contributed by atoms with Gasteiger partial charge in [-0.15, -0.1) is 0 Å². The van der Waals surface area contributed by atoms with Crippen molar-refractivity contribution in [2.45, 2.75) is 19.9 Å². The Hall–Kier alpha value is -2.58. The summed E-state index contributed by atoms with van der Waals surface area (Å²) in [6, 6.07) is 14.2. The van der Waals surface area contributed by atoms with Gasteiger partial charge in [0.2, 0.25) is 10.0 Å². The maximum Gasteiger partial charge on any atom is 0.251 e.